The lowest BCUT2D eigenvalue weighted by Gasteiger charge is -2.17. The van der Waals surface area contributed by atoms with E-state index >= 15 is 0 Å². The van der Waals surface area contributed by atoms with E-state index in [9.17, 15) is 9.59 Å². The minimum Gasteiger partial charge on any atom is -0.352 e. The van der Waals surface area contributed by atoms with E-state index in [1.807, 2.05) is 45.2 Å². The average Bonchev–Trinajstić information content (AvgIpc) is 3.38. The van der Waals surface area contributed by atoms with Gasteiger partial charge in [-0.15, -0.1) is 0 Å². The van der Waals surface area contributed by atoms with Crippen molar-refractivity contribution in [1.82, 2.24) is 15.2 Å². The Kier molecular flexibility index (Phi) is 7.68. The van der Waals surface area contributed by atoms with Gasteiger partial charge in [0.2, 0.25) is 0 Å². The van der Waals surface area contributed by atoms with E-state index in [2.05, 4.69) is 43.0 Å². The fourth-order valence-corrected chi connectivity index (χ4v) is 4.36. The number of nitrogens with one attached hydrogen (secondary N) is 3. The normalized spacial score (nSPS) is 12.5. The molecule has 3 aromatic carbocycles. The highest BCUT2D eigenvalue weighted by Gasteiger charge is 2.16. The van der Waals surface area contributed by atoms with Gasteiger partial charge in [0.05, 0.1) is 17.8 Å². The minimum atomic E-state index is -0.349. The van der Waals surface area contributed by atoms with Gasteiger partial charge in [0.25, 0.3) is 11.8 Å². The maximum Gasteiger partial charge on any atom is 0.258 e. The third-order valence-corrected chi connectivity index (χ3v) is 6.54. The van der Waals surface area contributed by atoms with Gasteiger partial charge < -0.3 is 20.9 Å². The Morgan fingerprint density at radius 2 is 1.67 bits per heavy atom. The van der Waals surface area contributed by atoms with Crippen LogP contribution < -0.4 is 21.4 Å². The van der Waals surface area contributed by atoms with Gasteiger partial charge in [-0.2, -0.15) is 0 Å². The van der Waals surface area contributed by atoms with E-state index in [1.54, 1.807) is 48.7 Å². The van der Waals surface area contributed by atoms with Crippen LogP contribution in [0.4, 0.5) is 11.5 Å². The fourth-order valence-electron chi connectivity index (χ4n) is 4.36. The predicted octanol–water partition coefficient (Wildman–Crippen LogP) is 2.90. The zero-order valence-corrected chi connectivity index (χ0v) is 21.9. The molecule has 0 saturated carbocycles. The first-order chi connectivity index (χ1) is 19.0. The Morgan fingerprint density at radius 1 is 0.897 bits per heavy atom. The number of likely N-dealkylation sites (N-methyl/N-ethyl adjacent to an activating group) is 1. The Balaban J connectivity index is 1.28. The van der Waals surface area contributed by atoms with Gasteiger partial charge in [-0.05, 0) is 47.0 Å². The Bertz CT molecular complexity index is 1520. The lowest BCUT2D eigenvalue weighted by atomic mass is 9.98. The van der Waals surface area contributed by atoms with Gasteiger partial charge >= 0.3 is 0 Å². The smallest absolute Gasteiger partial charge is 0.258 e. The van der Waals surface area contributed by atoms with Gasteiger partial charge in [-0.25, -0.2) is 4.98 Å². The highest BCUT2D eigenvalue weighted by atomic mass is 16.2. The number of aliphatic imine (C=N–C) groups is 1. The van der Waals surface area contributed by atoms with Gasteiger partial charge in [-0.1, -0.05) is 60.1 Å². The molecule has 0 radical (unpaired) electrons. The molecule has 2 amide bonds. The summed E-state index contributed by atoms with van der Waals surface area (Å²) in [6.07, 6.45) is 1.69. The van der Waals surface area contributed by atoms with Crippen LogP contribution in [0.1, 0.15) is 26.3 Å². The van der Waals surface area contributed by atoms with Gasteiger partial charge in [-0.3, -0.25) is 14.6 Å². The first-order valence-corrected chi connectivity index (χ1v) is 12.8. The van der Waals surface area contributed by atoms with Gasteiger partial charge in [0.1, 0.15) is 13.7 Å². The second-order valence-corrected chi connectivity index (χ2v) is 9.39. The maximum atomic E-state index is 13.1. The van der Waals surface area contributed by atoms with Gasteiger partial charge in [0.15, 0.2) is 5.96 Å². The number of carbonyl (C=O) groups is 2. The van der Waals surface area contributed by atoms with Crippen molar-refractivity contribution in [2.75, 3.05) is 30.8 Å². The topological polar surface area (TPSA) is 98.7 Å². The summed E-state index contributed by atoms with van der Waals surface area (Å²) in [6, 6.07) is 26.2. The summed E-state index contributed by atoms with van der Waals surface area (Å²) >= 11 is 0. The number of rotatable bonds is 7. The highest BCUT2D eigenvalue weighted by molar-refractivity contribution is 6.32. The van der Waals surface area contributed by atoms with Crippen molar-refractivity contribution in [2.24, 2.45) is 4.99 Å². The molecule has 3 N–H and O–H groups in total. The number of aromatic nitrogens is 1. The van der Waals surface area contributed by atoms with Crippen molar-refractivity contribution in [2.45, 2.75) is 6.54 Å². The summed E-state index contributed by atoms with van der Waals surface area (Å²) in [5.74, 6) is 0.701. The maximum absolute atomic E-state index is 13.1. The molecule has 1 aliphatic heterocycles. The van der Waals surface area contributed by atoms with E-state index in [0.717, 1.165) is 41.2 Å². The van der Waals surface area contributed by atoms with Crippen LogP contribution in [0.2, 0.25) is 0 Å². The first kappa shape index (κ1) is 25.7. The Hall–Kier alpha value is -4.92. The molecule has 0 saturated heterocycles. The van der Waals surface area contributed by atoms with Crippen molar-refractivity contribution in [3.8, 4) is 11.1 Å². The van der Waals surface area contributed by atoms with Crippen LogP contribution >= 0.6 is 0 Å². The van der Waals surface area contributed by atoms with Crippen LogP contribution in [0.3, 0.4) is 0 Å². The quantitative estimate of drug-likeness (QED) is 0.328. The molecule has 5 rings (SSSR count). The summed E-state index contributed by atoms with van der Waals surface area (Å²) in [5, 5.41) is 9.09. The zero-order chi connectivity index (χ0) is 27.2. The van der Waals surface area contributed by atoms with Crippen molar-refractivity contribution in [3.05, 3.63) is 108 Å². The van der Waals surface area contributed by atoms with Crippen molar-refractivity contribution >= 4 is 42.6 Å². The minimum absolute atomic E-state index is 0.299. The number of guanidine groups is 1. The summed E-state index contributed by atoms with van der Waals surface area (Å²) < 4.78 is 0. The molecule has 1 aliphatic rings. The zero-order valence-electron chi connectivity index (χ0n) is 21.9. The molecule has 4 aromatic rings. The third kappa shape index (κ3) is 6.15. The molecule has 0 bridgehead atoms. The van der Waals surface area contributed by atoms with E-state index < -0.39 is 0 Å². The molecule has 2 heterocycles. The molecule has 0 fully saturated rings. The largest absolute Gasteiger partial charge is 0.352 e. The molecule has 8 nitrogen and oxygen atoms in total. The molecule has 0 atom stereocenters. The van der Waals surface area contributed by atoms with Crippen molar-refractivity contribution in [3.63, 3.8) is 0 Å². The Labute approximate surface area is 228 Å². The number of benzene rings is 3. The van der Waals surface area contributed by atoms with Crippen LogP contribution in [0.25, 0.3) is 11.1 Å². The van der Waals surface area contributed by atoms with Crippen LogP contribution in [0, 0.1) is 0 Å². The van der Waals surface area contributed by atoms with Crippen LogP contribution in [-0.4, -0.2) is 55.6 Å². The summed E-state index contributed by atoms with van der Waals surface area (Å²) in [5.41, 5.74) is 5.50. The Morgan fingerprint density at radius 3 is 2.41 bits per heavy atom. The van der Waals surface area contributed by atoms with Gasteiger partial charge in [0, 0.05) is 31.9 Å². The summed E-state index contributed by atoms with van der Waals surface area (Å²) in [7, 11) is 3.96. The van der Waals surface area contributed by atoms with Crippen molar-refractivity contribution < 1.29 is 9.59 Å². The molecule has 9 heteroatoms. The average molecular weight is 516 g/mol. The second-order valence-electron chi connectivity index (χ2n) is 9.39. The number of hydrogen-bond donors (Lipinski definition) is 3. The third-order valence-electron chi connectivity index (χ3n) is 6.54. The number of para-hydroxylation sites is 1. The van der Waals surface area contributed by atoms with Crippen LogP contribution in [0.15, 0.2) is 96.1 Å². The summed E-state index contributed by atoms with van der Waals surface area (Å²) in [6.45, 7) is 2.38. The van der Waals surface area contributed by atoms with E-state index in [0.29, 0.717) is 29.2 Å². The number of hydrogen-bond acceptors (Lipinski definition) is 6. The highest BCUT2D eigenvalue weighted by Crippen LogP contribution is 2.25. The van der Waals surface area contributed by atoms with Crippen LogP contribution in [-0.2, 0) is 6.54 Å². The molecular weight excluding hydrogens is 487 g/mol. The molecule has 194 valence electrons. The lowest BCUT2D eigenvalue weighted by Crippen LogP contribution is -2.35. The number of anilines is 2. The number of amides is 2. The molecule has 0 unspecified atom stereocenters. The second kappa shape index (κ2) is 11.6. The summed E-state index contributed by atoms with van der Waals surface area (Å²) in [4.78, 5) is 36.8. The van der Waals surface area contributed by atoms with Crippen LogP contribution in [0.5, 0.6) is 0 Å². The molecule has 0 aliphatic carbocycles. The van der Waals surface area contributed by atoms with E-state index in [-0.39, 0.29) is 11.8 Å². The fraction of sp³-hybridized carbons (Fsp3) is 0.133. The lowest BCUT2D eigenvalue weighted by molar-refractivity contribution is 0.102. The number of carbonyl (C=O) groups excluding carboxylic acids is 2. The number of nitrogens with zero attached hydrogens (tertiary/aromatic N) is 3. The monoisotopic (exact) mass is 516 g/mol. The molecule has 0 spiro atoms. The first-order valence-electron chi connectivity index (χ1n) is 12.8. The molecule has 1 aromatic heterocycles. The standard InChI is InChI=1S/C30H29BN6O2/c1-37-17-16-32-30(37)34-18-22-6-2-3-7-24(22)20-10-12-21(13-11-20)28(38)35-26-9-5-4-8-25(26)29(39)36-27-15-14-23(31)19-33-27/h2-15,19H,16-18,31H2,1H3,(H,32,34)(H,35,38)(H,33,36,39). The SMILES string of the molecule is Bc1ccc(NC(=O)c2ccccc2NC(=O)c2ccc(-c3ccccc3CNC3=NCCN3C)cc2)nc1. The van der Waals surface area contributed by atoms with E-state index in [4.69, 9.17) is 0 Å². The molecule has 39 heavy (non-hydrogen) atoms. The van der Waals surface area contributed by atoms with E-state index in [1.165, 1.54) is 0 Å². The molecular formula is C30H29BN6O2. The van der Waals surface area contributed by atoms with Crippen molar-refractivity contribution in [1.29, 1.82) is 0 Å². The number of pyridine rings is 1. The predicted molar refractivity (Wildman–Crippen MR) is 158 cm³/mol.